The molecule has 0 aromatic rings. The van der Waals surface area contributed by atoms with E-state index < -0.39 is 12.0 Å². The van der Waals surface area contributed by atoms with Gasteiger partial charge in [-0.15, -0.1) is 0 Å². The van der Waals surface area contributed by atoms with Gasteiger partial charge >= 0.3 is 5.97 Å². The van der Waals surface area contributed by atoms with Crippen LogP contribution in [-0.2, 0) is 4.79 Å². The first-order valence-corrected chi connectivity index (χ1v) is 4.19. The lowest BCUT2D eigenvalue weighted by atomic mass is 10.2. The summed E-state index contributed by atoms with van der Waals surface area (Å²) in [7, 11) is 0. The van der Waals surface area contributed by atoms with Crippen molar-refractivity contribution in [3.8, 4) is 0 Å². The van der Waals surface area contributed by atoms with E-state index in [1.807, 2.05) is 0 Å². The van der Waals surface area contributed by atoms with Crippen molar-refractivity contribution in [2.75, 3.05) is 0 Å². The maximum Gasteiger partial charge on any atom is 0.320 e. The van der Waals surface area contributed by atoms with E-state index in [-0.39, 0.29) is 0 Å². The van der Waals surface area contributed by atoms with Crippen LogP contribution in [0, 0.1) is 0 Å². The molecule has 1 aliphatic rings. The molecule has 1 saturated carbocycles. The lowest BCUT2D eigenvalue weighted by Gasteiger charge is -2.14. The van der Waals surface area contributed by atoms with E-state index in [0.717, 1.165) is 12.8 Å². The van der Waals surface area contributed by atoms with Crippen molar-refractivity contribution in [2.24, 2.45) is 0 Å². The number of aliphatic carboxylic acids is 1. The van der Waals surface area contributed by atoms with Crippen LogP contribution >= 0.6 is 0 Å². The molecule has 0 saturated heterocycles. The lowest BCUT2D eigenvalue weighted by Crippen LogP contribution is -2.39. The van der Waals surface area contributed by atoms with Crippen molar-refractivity contribution in [2.45, 2.75) is 44.7 Å². The standard InChI is InChI=1S/C8H15NO2/c1-6(8(10)11)9-7-4-2-3-5-7/h6-7,9H,2-5H2,1H3,(H,10,11). The Morgan fingerprint density at radius 1 is 1.55 bits per heavy atom. The van der Waals surface area contributed by atoms with Gasteiger partial charge in [0.2, 0.25) is 0 Å². The van der Waals surface area contributed by atoms with Gasteiger partial charge < -0.3 is 10.4 Å². The van der Waals surface area contributed by atoms with Gasteiger partial charge in [0.05, 0.1) is 0 Å². The predicted molar refractivity (Wildman–Crippen MR) is 42.5 cm³/mol. The number of carboxylic acids is 1. The van der Waals surface area contributed by atoms with E-state index in [4.69, 9.17) is 5.11 Å². The molecule has 0 aliphatic heterocycles. The number of nitrogens with one attached hydrogen (secondary N) is 1. The Labute approximate surface area is 66.8 Å². The van der Waals surface area contributed by atoms with Crippen molar-refractivity contribution >= 4 is 5.97 Å². The minimum Gasteiger partial charge on any atom is -0.480 e. The largest absolute Gasteiger partial charge is 0.480 e. The smallest absolute Gasteiger partial charge is 0.320 e. The predicted octanol–water partition coefficient (Wildman–Crippen LogP) is 0.992. The second-order valence-corrected chi connectivity index (χ2v) is 3.21. The van der Waals surface area contributed by atoms with Gasteiger partial charge in [0.15, 0.2) is 0 Å². The minimum absolute atomic E-state index is 0.391. The molecule has 0 radical (unpaired) electrons. The highest BCUT2D eigenvalue weighted by atomic mass is 16.4. The number of rotatable bonds is 3. The average Bonchev–Trinajstić information content (AvgIpc) is 2.39. The molecule has 0 bridgehead atoms. The van der Waals surface area contributed by atoms with Crippen molar-refractivity contribution in [1.82, 2.24) is 5.32 Å². The van der Waals surface area contributed by atoms with Crippen LogP contribution in [0.1, 0.15) is 32.6 Å². The van der Waals surface area contributed by atoms with Crippen LogP contribution in [0.4, 0.5) is 0 Å². The summed E-state index contributed by atoms with van der Waals surface area (Å²) in [5.74, 6) is -0.753. The zero-order chi connectivity index (χ0) is 8.27. The zero-order valence-corrected chi connectivity index (χ0v) is 6.84. The molecule has 0 heterocycles. The Hall–Kier alpha value is -0.570. The van der Waals surface area contributed by atoms with Gasteiger partial charge in [-0.2, -0.15) is 0 Å². The van der Waals surface area contributed by atoms with Crippen molar-refractivity contribution < 1.29 is 9.90 Å². The van der Waals surface area contributed by atoms with E-state index in [2.05, 4.69) is 5.32 Å². The van der Waals surface area contributed by atoms with Gasteiger partial charge in [-0.1, -0.05) is 12.8 Å². The average molecular weight is 157 g/mol. The second-order valence-electron chi connectivity index (χ2n) is 3.21. The zero-order valence-electron chi connectivity index (χ0n) is 6.84. The fraction of sp³-hybridized carbons (Fsp3) is 0.875. The first-order chi connectivity index (χ1) is 5.20. The summed E-state index contributed by atoms with van der Waals surface area (Å²) in [4.78, 5) is 10.4. The molecule has 0 aromatic heterocycles. The molecule has 2 N–H and O–H groups in total. The van der Waals surface area contributed by atoms with Gasteiger partial charge in [0.1, 0.15) is 6.04 Å². The molecule has 1 unspecified atom stereocenters. The Kier molecular flexibility index (Phi) is 2.88. The second kappa shape index (κ2) is 3.72. The SMILES string of the molecule is CC(NC1CCCC1)C(=O)O. The molecule has 0 spiro atoms. The van der Waals surface area contributed by atoms with E-state index in [9.17, 15) is 4.79 Å². The monoisotopic (exact) mass is 157 g/mol. The summed E-state index contributed by atoms with van der Waals surface area (Å²) >= 11 is 0. The van der Waals surface area contributed by atoms with Crippen molar-refractivity contribution in [3.05, 3.63) is 0 Å². The fourth-order valence-electron chi connectivity index (χ4n) is 1.52. The molecular weight excluding hydrogens is 142 g/mol. The summed E-state index contributed by atoms with van der Waals surface area (Å²) in [6.07, 6.45) is 4.75. The van der Waals surface area contributed by atoms with Crippen molar-refractivity contribution in [3.63, 3.8) is 0 Å². The molecule has 3 heteroatoms. The van der Waals surface area contributed by atoms with Crippen LogP contribution in [0.5, 0.6) is 0 Å². The molecule has 0 aromatic carbocycles. The molecular formula is C8H15NO2. The number of carboxylic acid groups (broad SMARTS) is 1. The van der Waals surface area contributed by atoms with E-state index in [0.29, 0.717) is 6.04 Å². The van der Waals surface area contributed by atoms with Gasteiger partial charge in [-0.25, -0.2) is 0 Å². The van der Waals surface area contributed by atoms with Crippen molar-refractivity contribution in [1.29, 1.82) is 0 Å². The molecule has 1 aliphatic carbocycles. The number of carbonyl (C=O) groups is 1. The third-order valence-electron chi connectivity index (χ3n) is 2.21. The summed E-state index contributed by atoms with van der Waals surface area (Å²) in [5.41, 5.74) is 0. The minimum atomic E-state index is -0.753. The summed E-state index contributed by atoms with van der Waals surface area (Å²) in [5, 5.41) is 11.7. The Morgan fingerprint density at radius 2 is 2.09 bits per heavy atom. The molecule has 11 heavy (non-hydrogen) atoms. The number of hydrogen-bond acceptors (Lipinski definition) is 2. The normalized spacial score (nSPS) is 21.9. The molecule has 0 amide bonds. The summed E-state index contributed by atoms with van der Waals surface area (Å²) < 4.78 is 0. The van der Waals surface area contributed by atoms with E-state index in [1.54, 1.807) is 6.92 Å². The Bertz CT molecular complexity index is 141. The quantitative estimate of drug-likeness (QED) is 0.642. The molecule has 1 fully saturated rings. The van der Waals surface area contributed by atoms with Gasteiger partial charge in [-0.3, -0.25) is 4.79 Å². The Morgan fingerprint density at radius 3 is 2.55 bits per heavy atom. The third-order valence-corrected chi connectivity index (χ3v) is 2.21. The van der Waals surface area contributed by atoms with Crippen LogP contribution in [-0.4, -0.2) is 23.2 Å². The van der Waals surface area contributed by atoms with Crippen LogP contribution in [0.2, 0.25) is 0 Å². The first kappa shape index (κ1) is 8.53. The van der Waals surface area contributed by atoms with Crippen LogP contribution in [0.15, 0.2) is 0 Å². The molecule has 64 valence electrons. The highest BCUT2D eigenvalue weighted by Crippen LogP contribution is 2.17. The Balaban J connectivity index is 2.23. The van der Waals surface area contributed by atoms with Crippen LogP contribution < -0.4 is 5.32 Å². The molecule has 1 atom stereocenters. The first-order valence-electron chi connectivity index (χ1n) is 4.19. The van der Waals surface area contributed by atoms with Gasteiger partial charge in [0.25, 0.3) is 0 Å². The highest BCUT2D eigenvalue weighted by Gasteiger charge is 2.19. The van der Waals surface area contributed by atoms with E-state index >= 15 is 0 Å². The highest BCUT2D eigenvalue weighted by molar-refractivity contribution is 5.72. The third kappa shape index (κ3) is 2.50. The van der Waals surface area contributed by atoms with Gasteiger partial charge in [-0.05, 0) is 19.8 Å². The lowest BCUT2D eigenvalue weighted by molar-refractivity contribution is -0.139. The van der Waals surface area contributed by atoms with Gasteiger partial charge in [0, 0.05) is 6.04 Å². The molecule has 1 rings (SSSR count). The molecule has 3 nitrogen and oxygen atoms in total. The summed E-state index contributed by atoms with van der Waals surface area (Å²) in [6.45, 7) is 1.70. The maximum absolute atomic E-state index is 10.4. The van der Waals surface area contributed by atoms with Crippen LogP contribution in [0.3, 0.4) is 0 Å². The van der Waals surface area contributed by atoms with E-state index in [1.165, 1.54) is 12.8 Å². The summed E-state index contributed by atoms with van der Waals surface area (Å²) in [6, 6.07) is 0.0548. The van der Waals surface area contributed by atoms with Crippen LogP contribution in [0.25, 0.3) is 0 Å². The number of hydrogen-bond donors (Lipinski definition) is 2. The fourth-order valence-corrected chi connectivity index (χ4v) is 1.52. The topological polar surface area (TPSA) is 49.3 Å². The maximum atomic E-state index is 10.4.